The standard InChI is InChI=1S/C14H31N3O/c1-5-14(4,17-8-10-18-11-9-17)13(16-15)7-6-12(2)3/h12-13,16H,5-11,15H2,1-4H3. The smallest absolute Gasteiger partial charge is 0.0594 e. The molecule has 0 aromatic rings. The van der Waals surface area contributed by atoms with E-state index in [2.05, 4.69) is 38.0 Å². The molecule has 1 rings (SSSR count). The third kappa shape index (κ3) is 3.92. The lowest BCUT2D eigenvalue weighted by Crippen LogP contribution is -2.63. The highest BCUT2D eigenvalue weighted by Crippen LogP contribution is 2.28. The molecule has 0 aliphatic carbocycles. The quantitative estimate of drug-likeness (QED) is 0.539. The zero-order chi connectivity index (χ0) is 13.6. The van der Waals surface area contributed by atoms with Crippen LogP contribution in [-0.4, -0.2) is 42.8 Å². The molecule has 2 unspecified atom stereocenters. The van der Waals surface area contributed by atoms with E-state index in [1.807, 2.05) is 0 Å². The molecule has 0 aromatic heterocycles. The molecule has 4 heteroatoms. The van der Waals surface area contributed by atoms with Gasteiger partial charge in [-0.15, -0.1) is 0 Å². The Hall–Kier alpha value is -0.160. The molecule has 4 nitrogen and oxygen atoms in total. The lowest BCUT2D eigenvalue weighted by atomic mass is 9.83. The maximum atomic E-state index is 5.82. The molecule has 1 aliphatic heterocycles. The topological polar surface area (TPSA) is 50.5 Å². The van der Waals surface area contributed by atoms with E-state index in [4.69, 9.17) is 10.6 Å². The molecule has 1 saturated heterocycles. The molecule has 18 heavy (non-hydrogen) atoms. The summed E-state index contributed by atoms with van der Waals surface area (Å²) < 4.78 is 5.46. The summed E-state index contributed by atoms with van der Waals surface area (Å²) in [7, 11) is 0. The normalized spacial score (nSPS) is 23.0. The van der Waals surface area contributed by atoms with Crippen molar-refractivity contribution < 1.29 is 4.74 Å². The van der Waals surface area contributed by atoms with Crippen LogP contribution in [0.3, 0.4) is 0 Å². The van der Waals surface area contributed by atoms with Crippen LogP contribution in [0.4, 0.5) is 0 Å². The minimum absolute atomic E-state index is 0.132. The van der Waals surface area contributed by atoms with Crippen LogP contribution in [0.5, 0.6) is 0 Å². The van der Waals surface area contributed by atoms with Crippen molar-refractivity contribution in [2.24, 2.45) is 11.8 Å². The van der Waals surface area contributed by atoms with Crippen molar-refractivity contribution in [3.63, 3.8) is 0 Å². The van der Waals surface area contributed by atoms with E-state index in [-0.39, 0.29) is 5.54 Å². The summed E-state index contributed by atoms with van der Waals surface area (Å²) >= 11 is 0. The van der Waals surface area contributed by atoms with E-state index < -0.39 is 0 Å². The second-order valence-corrected chi connectivity index (χ2v) is 6.00. The zero-order valence-electron chi connectivity index (χ0n) is 12.5. The lowest BCUT2D eigenvalue weighted by molar-refractivity contribution is -0.0340. The highest BCUT2D eigenvalue weighted by Gasteiger charge is 2.38. The molecule has 0 amide bonds. The van der Waals surface area contributed by atoms with Gasteiger partial charge in [0, 0.05) is 24.7 Å². The number of nitrogens with zero attached hydrogens (tertiary/aromatic N) is 1. The van der Waals surface area contributed by atoms with Crippen LogP contribution in [0.1, 0.15) is 47.0 Å². The van der Waals surface area contributed by atoms with E-state index in [0.29, 0.717) is 6.04 Å². The van der Waals surface area contributed by atoms with Gasteiger partial charge in [0.25, 0.3) is 0 Å². The number of rotatable bonds is 7. The maximum Gasteiger partial charge on any atom is 0.0594 e. The largest absolute Gasteiger partial charge is 0.379 e. The van der Waals surface area contributed by atoms with E-state index in [9.17, 15) is 0 Å². The van der Waals surface area contributed by atoms with Crippen LogP contribution < -0.4 is 11.3 Å². The SMILES string of the molecule is CCC(C)(C(CCC(C)C)NN)N1CCOCC1. The van der Waals surface area contributed by atoms with Gasteiger partial charge >= 0.3 is 0 Å². The first-order valence-electron chi connectivity index (χ1n) is 7.33. The van der Waals surface area contributed by atoms with E-state index >= 15 is 0 Å². The Morgan fingerprint density at radius 2 is 1.89 bits per heavy atom. The minimum Gasteiger partial charge on any atom is -0.379 e. The molecule has 1 heterocycles. The Kier molecular flexibility index (Phi) is 6.57. The summed E-state index contributed by atoms with van der Waals surface area (Å²) in [4.78, 5) is 2.54. The van der Waals surface area contributed by atoms with E-state index in [1.165, 1.54) is 6.42 Å². The molecule has 1 aliphatic rings. The Labute approximate surface area is 112 Å². The van der Waals surface area contributed by atoms with E-state index in [1.54, 1.807) is 0 Å². The number of hydrazine groups is 1. The van der Waals surface area contributed by atoms with Gasteiger partial charge in [0.05, 0.1) is 13.2 Å². The van der Waals surface area contributed by atoms with Crippen LogP contribution in [0, 0.1) is 5.92 Å². The van der Waals surface area contributed by atoms with Crippen LogP contribution in [0.15, 0.2) is 0 Å². The molecule has 0 spiro atoms. The Bertz CT molecular complexity index is 229. The molecule has 2 atom stereocenters. The number of ether oxygens (including phenoxy) is 1. The number of morpholine rings is 1. The Morgan fingerprint density at radius 1 is 1.28 bits per heavy atom. The van der Waals surface area contributed by atoms with Crippen LogP contribution in [-0.2, 0) is 4.74 Å². The van der Waals surface area contributed by atoms with Crippen molar-refractivity contribution in [3.8, 4) is 0 Å². The monoisotopic (exact) mass is 257 g/mol. The van der Waals surface area contributed by atoms with Crippen molar-refractivity contribution >= 4 is 0 Å². The zero-order valence-corrected chi connectivity index (χ0v) is 12.5. The third-order valence-corrected chi connectivity index (χ3v) is 4.43. The molecular weight excluding hydrogens is 226 g/mol. The molecule has 1 fully saturated rings. The average Bonchev–Trinajstić information content (AvgIpc) is 2.39. The molecule has 0 aromatic carbocycles. The molecule has 0 radical (unpaired) electrons. The van der Waals surface area contributed by atoms with Gasteiger partial charge in [-0.3, -0.25) is 16.2 Å². The summed E-state index contributed by atoms with van der Waals surface area (Å²) in [5.41, 5.74) is 3.20. The van der Waals surface area contributed by atoms with Gasteiger partial charge in [-0.2, -0.15) is 0 Å². The molecule has 3 N–H and O–H groups in total. The van der Waals surface area contributed by atoms with Crippen molar-refractivity contribution in [1.82, 2.24) is 10.3 Å². The predicted octanol–water partition coefficient (Wildman–Crippen LogP) is 1.76. The third-order valence-electron chi connectivity index (χ3n) is 4.43. The minimum atomic E-state index is 0.132. The van der Waals surface area contributed by atoms with Crippen LogP contribution in [0.2, 0.25) is 0 Å². The summed E-state index contributed by atoms with van der Waals surface area (Å²) in [6.07, 6.45) is 3.46. The fraction of sp³-hybridized carbons (Fsp3) is 1.00. The van der Waals surface area contributed by atoms with Crippen LogP contribution >= 0.6 is 0 Å². The van der Waals surface area contributed by atoms with Gasteiger partial charge in [0.15, 0.2) is 0 Å². The summed E-state index contributed by atoms with van der Waals surface area (Å²) in [6, 6.07) is 0.350. The van der Waals surface area contributed by atoms with Gasteiger partial charge in [0.2, 0.25) is 0 Å². The maximum absolute atomic E-state index is 5.82. The van der Waals surface area contributed by atoms with Gasteiger partial charge in [-0.1, -0.05) is 20.8 Å². The Morgan fingerprint density at radius 3 is 2.33 bits per heavy atom. The van der Waals surface area contributed by atoms with E-state index in [0.717, 1.165) is 45.1 Å². The summed E-state index contributed by atoms with van der Waals surface area (Å²) in [5, 5.41) is 0. The number of hydrogen-bond acceptors (Lipinski definition) is 4. The molecule has 0 bridgehead atoms. The molecule has 108 valence electrons. The highest BCUT2D eigenvalue weighted by atomic mass is 16.5. The number of nitrogens with one attached hydrogen (secondary N) is 1. The van der Waals surface area contributed by atoms with Crippen LogP contribution in [0.25, 0.3) is 0 Å². The first-order chi connectivity index (χ1) is 8.54. The highest BCUT2D eigenvalue weighted by molar-refractivity contribution is 4.96. The first-order valence-corrected chi connectivity index (χ1v) is 7.33. The van der Waals surface area contributed by atoms with Gasteiger partial charge < -0.3 is 4.74 Å². The fourth-order valence-electron chi connectivity index (χ4n) is 2.84. The van der Waals surface area contributed by atoms with Crippen molar-refractivity contribution in [3.05, 3.63) is 0 Å². The first kappa shape index (κ1) is 15.9. The van der Waals surface area contributed by atoms with Crippen molar-refractivity contribution in [1.29, 1.82) is 0 Å². The second-order valence-electron chi connectivity index (χ2n) is 6.00. The Balaban J connectivity index is 2.68. The number of nitrogens with two attached hydrogens (primary N) is 1. The predicted molar refractivity (Wildman–Crippen MR) is 76.3 cm³/mol. The summed E-state index contributed by atoms with van der Waals surface area (Å²) in [6.45, 7) is 12.9. The van der Waals surface area contributed by atoms with Crippen molar-refractivity contribution in [2.45, 2.75) is 58.5 Å². The number of hydrogen-bond donors (Lipinski definition) is 2. The molecule has 0 saturated carbocycles. The van der Waals surface area contributed by atoms with Gasteiger partial charge in [0.1, 0.15) is 0 Å². The average molecular weight is 257 g/mol. The fourth-order valence-corrected chi connectivity index (χ4v) is 2.84. The second kappa shape index (κ2) is 7.43. The summed E-state index contributed by atoms with van der Waals surface area (Å²) in [5.74, 6) is 6.55. The molecular formula is C14H31N3O. The van der Waals surface area contributed by atoms with Crippen molar-refractivity contribution in [2.75, 3.05) is 26.3 Å². The van der Waals surface area contributed by atoms with Gasteiger partial charge in [-0.25, -0.2) is 0 Å². The lowest BCUT2D eigenvalue weighted by Gasteiger charge is -2.47. The van der Waals surface area contributed by atoms with Gasteiger partial charge in [-0.05, 0) is 32.1 Å².